The van der Waals surface area contributed by atoms with Crippen LogP contribution in [0, 0.1) is 6.92 Å². The van der Waals surface area contributed by atoms with E-state index in [2.05, 4.69) is 10.3 Å². The van der Waals surface area contributed by atoms with E-state index in [1.54, 1.807) is 27.8 Å². The molecule has 0 bridgehead atoms. The van der Waals surface area contributed by atoms with Gasteiger partial charge in [0.1, 0.15) is 0 Å². The van der Waals surface area contributed by atoms with Crippen molar-refractivity contribution in [2.45, 2.75) is 6.92 Å². The molecule has 0 saturated heterocycles. The van der Waals surface area contributed by atoms with Gasteiger partial charge in [-0.3, -0.25) is 9.79 Å². The summed E-state index contributed by atoms with van der Waals surface area (Å²) in [5, 5.41) is 11.1. The summed E-state index contributed by atoms with van der Waals surface area (Å²) in [7, 11) is 0. The van der Waals surface area contributed by atoms with Gasteiger partial charge in [-0.25, -0.2) is 9.67 Å². The zero-order valence-electron chi connectivity index (χ0n) is 15.6. The predicted molar refractivity (Wildman–Crippen MR) is 119 cm³/mol. The Bertz CT molecular complexity index is 1230. The minimum atomic E-state index is -0.181. The molecular weight excluding hydrogens is 402 g/mol. The minimum Gasteiger partial charge on any atom is -0.301 e. The third-order valence-electron chi connectivity index (χ3n) is 4.64. The van der Waals surface area contributed by atoms with E-state index in [0.717, 1.165) is 39.6 Å². The summed E-state index contributed by atoms with van der Waals surface area (Å²) in [6.45, 7) is 2.64. The van der Waals surface area contributed by atoms with Crippen molar-refractivity contribution in [3.63, 3.8) is 0 Å². The van der Waals surface area contributed by atoms with Crippen LogP contribution in [0.2, 0.25) is 0 Å². The second kappa shape index (κ2) is 7.46. The average molecular weight is 420 g/mol. The molecule has 1 N–H and O–H groups in total. The van der Waals surface area contributed by atoms with Gasteiger partial charge in [-0.05, 0) is 36.6 Å². The highest BCUT2D eigenvalue weighted by Crippen LogP contribution is 2.31. The van der Waals surface area contributed by atoms with Crippen LogP contribution in [-0.4, -0.2) is 38.1 Å². The molecular formula is C21H17N5OS2. The maximum atomic E-state index is 13.2. The number of amidine groups is 1. The Morgan fingerprint density at radius 2 is 2.03 bits per heavy atom. The maximum Gasteiger partial charge on any atom is 0.258 e. The molecule has 1 amide bonds. The summed E-state index contributed by atoms with van der Waals surface area (Å²) >= 11 is 3.16. The van der Waals surface area contributed by atoms with Crippen LogP contribution in [0.5, 0.6) is 0 Å². The van der Waals surface area contributed by atoms with Crippen molar-refractivity contribution in [2.24, 2.45) is 4.99 Å². The number of carbonyl (C=O) groups excluding carboxylic acids is 1. The predicted octanol–water partition coefficient (Wildman–Crippen LogP) is 4.29. The number of nitrogens with zero attached hydrogens (tertiary/aromatic N) is 4. The van der Waals surface area contributed by atoms with Crippen molar-refractivity contribution in [1.82, 2.24) is 20.1 Å². The summed E-state index contributed by atoms with van der Waals surface area (Å²) < 4.78 is 1.81. The molecule has 1 aromatic carbocycles. The van der Waals surface area contributed by atoms with E-state index in [1.807, 2.05) is 60.8 Å². The summed E-state index contributed by atoms with van der Waals surface area (Å²) in [5.74, 6) is 0.714. The number of nitrogens with one attached hydrogen (secondary N) is 1. The van der Waals surface area contributed by atoms with Crippen LogP contribution in [0.4, 0.5) is 0 Å². The van der Waals surface area contributed by atoms with Crippen LogP contribution in [0.1, 0.15) is 16.1 Å². The molecule has 6 nitrogen and oxygen atoms in total. The van der Waals surface area contributed by atoms with Gasteiger partial charge in [-0.1, -0.05) is 36.0 Å². The number of aliphatic imine (C=N–C) groups is 1. The van der Waals surface area contributed by atoms with E-state index >= 15 is 0 Å². The quantitative estimate of drug-likeness (QED) is 0.538. The zero-order chi connectivity index (χ0) is 19.8. The Hall–Kier alpha value is -2.97. The lowest BCUT2D eigenvalue weighted by molar-refractivity contribution is 0.0979. The Labute approximate surface area is 175 Å². The molecule has 4 aromatic rings. The summed E-state index contributed by atoms with van der Waals surface area (Å²) in [6.07, 6.45) is 0. The number of para-hydroxylation sites is 1. The molecule has 0 spiro atoms. The lowest BCUT2D eigenvalue weighted by Gasteiger charge is -2.09. The number of aryl methyl sites for hydroxylation is 1. The fourth-order valence-corrected chi connectivity index (χ4v) is 4.75. The normalized spacial score (nSPS) is 13.6. The monoisotopic (exact) mass is 419 g/mol. The van der Waals surface area contributed by atoms with E-state index in [0.29, 0.717) is 16.4 Å². The molecule has 0 atom stereocenters. The maximum absolute atomic E-state index is 13.2. The summed E-state index contributed by atoms with van der Waals surface area (Å²) in [6, 6.07) is 15.7. The zero-order valence-corrected chi connectivity index (χ0v) is 17.3. The second-order valence-corrected chi connectivity index (χ2v) is 8.58. The topological polar surface area (TPSA) is 72.2 Å². The molecule has 1 aliphatic rings. The largest absolute Gasteiger partial charge is 0.301 e. The van der Waals surface area contributed by atoms with E-state index in [1.165, 1.54) is 0 Å². The number of thiophene rings is 1. The van der Waals surface area contributed by atoms with Gasteiger partial charge in [0, 0.05) is 5.75 Å². The molecule has 0 unspecified atom stereocenters. The van der Waals surface area contributed by atoms with Gasteiger partial charge in [-0.2, -0.15) is 5.10 Å². The van der Waals surface area contributed by atoms with Gasteiger partial charge in [0.25, 0.3) is 5.91 Å². The third kappa shape index (κ3) is 3.34. The first-order valence-corrected chi connectivity index (χ1v) is 11.1. The number of amides is 1. The highest BCUT2D eigenvalue weighted by atomic mass is 32.2. The first-order valence-electron chi connectivity index (χ1n) is 9.19. The number of fused-ring (bicyclic) bond motifs is 1. The molecule has 0 aliphatic carbocycles. The summed E-state index contributed by atoms with van der Waals surface area (Å²) in [5.41, 5.74) is 3.67. The van der Waals surface area contributed by atoms with Crippen molar-refractivity contribution < 1.29 is 4.79 Å². The van der Waals surface area contributed by atoms with Gasteiger partial charge in [-0.15, -0.1) is 11.3 Å². The van der Waals surface area contributed by atoms with Gasteiger partial charge < -0.3 is 5.32 Å². The van der Waals surface area contributed by atoms with Crippen LogP contribution in [-0.2, 0) is 0 Å². The average Bonchev–Trinajstić information content (AvgIpc) is 3.50. The van der Waals surface area contributed by atoms with E-state index < -0.39 is 0 Å². The Morgan fingerprint density at radius 3 is 2.76 bits per heavy atom. The lowest BCUT2D eigenvalue weighted by atomic mass is 10.1. The molecule has 4 heterocycles. The molecule has 0 saturated carbocycles. The number of pyridine rings is 1. The van der Waals surface area contributed by atoms with Crippen molar-refractivity contribution in [3.8, 4) is 16.3 Å². The van der Waals surface area contributed by atoms with Crippen molar-refractivity contribution in [3.05, 3.63) is 65.2 Å². The molecule has 0 fully saturated rings. The number of thioether (sulfide) groups is 1. The number of hydrogen-bond acceptors (Lipinski definition) is 6. The smallest absolute Gasteiger partial charge is 0.258 e. The second-order valence-electron chi connectivity index (χ2n) is 6.55. The van der Waals surface area contributed by atoms with Gasteiger partial charge >= 0.3 is 0 Å². The van der Waals surface area contributed by atoms with Crippen molar-refractivity contribution in [2.75, 3.05) is 12.3 Å². The molecule has 0 radical (unpaired) electrons. The van der Waals surface area contributed by atoms with Gasteiger partial charge in [0.05, 0.1) is 39.4 Å². The molecule has 29 heavy (non-hydrogen) atoms. The molecule has 8 heteroatoms. The highest BCUT2D eigenvalue weighted by molar-refractivity contribution is 8.14. The number of benzene rings is 1. The highest BCUT2D eigenvalue weighted by Gasteiger charge is 2.22. The number of carbonyl (C=O) groups is 1. The van der Waals surface area contributed by atoms with Gasteiger partial charge in [0.2, 0.25) is 0 Å². The Balaban J connectivity index is 1.72. The van der Waals surface area contributed by atoms with E-state index in [-0.39, 0.29) is 5.91 Å². The fraction of sp³-hybridized carbons (Fsp3) is 0.143. The number of aromatic nitrogens is 3. The minimum absolute atomic E-state index is 0.181. The fourth-order valence-electron chi connectivity index (χ4n) is 3.34. The molecule has 3 aromatic heterocycles. The standard InChI is InChI=1S/C21H17N5OS2/c1-13-18-15(20(27)24-21-22-9-11-29-21)12-16(17-8-5-10-28-17)23-19(18)26(25-13)14-6-3-2-4-7-14/h2-8,10,12H,9,11H2,1H3,(H,22,24,27). The van der Waals surface area contributed by atoms with Crippen LogP contribution in [0.25, 0.3) is 27.3 Å². The lowest BCUT2D eigenvalue weighted by Crippen LogP contribution is -2.27. The Kier molecular flexibility index (Phi) is 4.65. The van der Waals surface area contributed by atoms with Crippen molar-refractivity contribution >= 4 is 45.2 Å². The van der Waals surface area contributed by atoms with Crippen LogP contribution < -0.4 is 5.32 Å². The first-order chi connectivity index (χ1) is 14.2. The molecule has 1 aliphatic heterocycles. The van der Waals surface area contributed by atoms with Crippen LogP contribution in [0.15, 0.2) is 58.9 Å². The number of hydrogen-bond donors (Lipinski definition) is 1. The SMILES string of the molecule is Cc1nn(-c2ccccc2)c2nc(-c3cccs3)cc(C(=O)NC3=NCCS3)c12. The summed E-state index contributed by atoms with van der Waals surface area (Å²) in [4.78, 5) is 23.4. The Morgan fingerprint density at radius 1 is 1.17 bits per heavy atom. The third-order valence-corrected chi connectivity index (χ3v) is 6.42. The van der Waals surface area contributed by atoms with E-state index in [4.69, 9.17) is 10.1 Å². The number of rotatable bonds is 3. The van der Waals surface area contributed by atoms with Crippen LogP contribution >= 0.6 is 23.1 Å². The van der Waals surface area contributed by atoms with Crippen molar-refractivity contribution in [1.29, 1.82) is 0 Å². The molecule has 5 rings (SSSR count). The molecule has 144 valence electrons. The first kappa shape index (κ1) is 18.1. The van der Waals surface area contributed by atoms with Crippen LogP contribution in [0.3, 0.4) is 0 Å². The van der Waals surface area contributed by atoms with Gasteiger partial charge in [0.15, 0.2) is 10.8 Å². The van der Waals surface area contributed by atoms with E-state index in [9.17, 15) is 4.79 Å².